The van der Waals surface area contributed by atoms with Gasteiger partial charge in [0.1, 0.15) is 12.6 Å². The molecule has 0 radical (unpaired) electrons. The smallest absolute Gasteiger partial charge is 0.311 e. The molecule has 2 fully saturated rings. The molecular formula is C22H30N2O5S. The molecule has 1 spiro atoms. The van der Waals surface area contributed by atoms with Gasteiger partial charge in [-0.3, -0.25) is 14.4 Å². The van der Waals surface area contributed by atoms with Crippen molar-refractivity contribution in [3.05, 3.63) is 24.3 Å². The number of likely N-dealkylation sites (tertiary alicyclic amines) is 1. The number of aliphatic hydroxyl groups is 1. The van der Waals surface area contributed by atoms with Crippen molar-refractivity contribution < 1.29 is 24.2 Å². The maximum atomic E-state index is 13.8. The van der Waals surface area contributed by atoms with Gasteiger partial charge in [0.15, 0.2) is 0 Å². The molecule has 0 saturated carbocycles. The van der Waals surface area contributed by atoms with Crippen LogP contribution in [0.2, 0.25) is 0 Å². The molecule has 2 saturated heterocycles. The van der Waals surface area contributed by atoms with Crippen LogP contribution in [0.1, 0.15) is 33.1 Å². The molecule has 4 aliphatic rings. The van der Waals surface area contributed by atoms with E-state index in [1.165, 1.54) is 0 Å². The van der Waals surface area contributed by atoms with Gasteiger partial charge in [-0.05, 0) is 19.8 Å². The van der Waals surface area contributed by atoms with Crippen molar-refractivity contribution in [2.24, 2.45) is 11.8 Å². The number of cyclic esters (lactones) is 1. The van der Waals surface area contributed by atoms with Crippen LogP contribution >= 0.6 is 11.8 Å². The predicted octanol–water partition coefficient (Wildman–Crippen LogP) is 1.37. The minimum atomic E-state index is -0.791. The average molecular weight is 435 g/mol. The lowest BCUT2D eigenvalue weighted by atomic mass is 9.78. The van der Waals surface area contributed by atoms with Gasteiger partial charge in [0.05, 0.1) is 16.6 Å². The fourth-order valence-electron chi connectivity index (χ4n) is 5.44. The molecule has 4 rings (SSSR count). The van der Waals surface area contributed by atoms with E-state index in [2.05, 4.69) is 6.92 Å². The molecule has 0 aromatic heterocycles. The Bertz CT molecular complexity index is 783. The molecule has 0 aliphatic carbocycles. The first-order valence-electron chi connectivity index (χ1n) is 10.9. The van der Waals surface area contributed by atoms with Crippen LogP contribution in [0, 0.1) is 11.8 Å². The van der Waals surface area contributed by atoms with E-state index < -0.39 is 22.6 Å². The van der Waals surface area contributed by atoms with Crippen molar-refractivity contribution in [3.8, 4) is 0 Å². The number of esters is 1. The van der Waals surface area contributed by atoms with Gasteiger partial charge >= 0.3 is 5.97 Å². The zero-order chi connectivity index (χ0) is 21.5. The number of ether oxygens (including phenoxy) is 1. The topological polar surface area (TPSA) is 87.2 Å². The number of thioether (sulfide) groups is 1. The molecule has 4 heterocycles. The van der Waals surface area contributed by atoms with E-state index >= 15 is 0 Å². The Morgan fingerprint density at radius 2 is 2.10 bits per heavy atom. The number of fused-ring (bicyclic) bond motifs is 2. The molecule has 0 aromatic rings. The van der Waals surface area contributed by atoms with Gasteiger partial charge in [0.2, 0.25) is 11.8 Å². The highest BCUT2D eigenvalue weighted by molar-refractivity contribution is 8.02. The second kappa shape index (κ2) is 8.38. The van der Waals surface area contributed by atoms with E-state index in [9.17, 15) is 19.5 Å². The SMILES string of the molecule is CCCC(C)N1CC=C[C@]23S[C@H]4C=CCOC(=O)[C@H]4[C@H]2C(=O)N(CCCO)C3C1=O. The summed E-state index contributed by atoms with van der Waals surface area (Å²) in [4.78, 5) is 43.7. The third-order valence-electron chi connectivity index (χ3n) is 6.74. The highest BCUT2D eigenvalue weighted by atomic mass is 32.2. The van der Waals surface area contributed by atoms with Gasteiger partial charge in [-0.15, -0.1) is 11.8 Å². The second-order valence-corrected chi connectivity index (χ2v) is 10.0. The van der Waals surface area contributed by atoms with Crippen molar-refractivity contribution in [2.45, 2.75) is 55.2 Å². The van der Waals surface area contributed by atoms with E-state index in [4.69, 9.17) is 4.74 Å². The number of nitrogens with zero attached hydrogens (tertiary/aromatic N) is 2. The summed E-state index contributed by atoms with van der Waals surface area (Å²) < 4.78 is 4.55. The normalized spacial score (nSPS) is 36.2. The number of hydrogen-bond acceptors (Lipinski definition) is 6. The summed E-state index contributed by atoms with van der Waals surface area (Å²) in [6.07, 6.45) is 10.0. The minimum absolute atomic E-state index is 0.0574. The van der Waals surface area contributed by atoms with Crippen molar-refractivity contribution in [1.82, 2.24) is 9.80 Å². The summed E-state index contributed by atoms with van der Waals surface area (Å²) in [5.41, 5.74) is 0. The first-order valence-corrected chi connectivity index (χ1v) is 11.7. The Morgan fingerprint density at radius 3 is 2.83 bits per heavy atom. The van der Waals surface area contributed by atoms with Crippen LogP contribution < -0.4 is 0 Å². The van der Waals surface area contributed by atoms with Gasteiger partial charge < -0.3 is 19.6 Å². The third kappa shape index (κ3) is 3.19. The van der Waals surface area contributed by atoms with Crippen molar-refractivity contribution >= 4 is 29.5 Å². The molecule has 4 aliphatic heterocycles. The standard InChI is InChI=1S/C22H30N2O5S/c1-3-7-14(2)23-10-5-9-22-17(16-15(30-22)8-4-13-29-21(16)28)19(26)24(11-6-12-25)18(22)20(23)27/h4-5,8-9,14-18,25H,3,6-7,10-13H2,1-2H3/t14?,15-,16+,17-,18?,22-/m0/s1. The lowest BCUT2D eigenvalue weighted by Gasteiger charge is -2.37. The van der Waals surface area contributed by atoms with Crippen LogP contribution in [0.25, 0.3) is 0 Å². The predicted molar refractivity (Wildman–Crippen MR) is 114 cm³/mol. The van der Waals surface area contributed by atoms with E-state index in [-0.39, 0.29) is 42.3 Å². The van der Waals surface area contributed by atoms with Crippen LogP contribution in [0.4, 0.5) is 0 Å². The van der Waals surface area contributed by atoms with Gasteiger partial charge in [0.25, 0.3) is 0 Å². The van der Waals surface area contributed by atoms with Crippen LogP contribution in [0.5, 0.6) is 0 Å². The summed E-state index contributed by atoms with van der Waals surface area (Å²) in [7, 11) is 0. The van der Waals surface area contributed by atoms with E-state index in [0.29, 0.717) is 19.5 Å². The van der Waals surface area contributed by atoms with Crippen LogP contribution in [0.3, 0.4) is 0 Å². The van der Waals surface area contributed by atoms with Gasteiger partial charge in [-0.2, -0.15) is 0 Å². The Morgan fingerprint density at radius 1 is 1.30 bits per heavy atom. The third-order valence-corrected chi connectivity index (χ3v) is 8.48. The molecule has 164 valence electrons. The number of hydrogen-bond donors (Lipinski definition) is 1. The Hall–Kier alpha value is -1.80. The maximum absolute atomic E-state index is 13.8. The number of rotatable bonds is 6. The minimum Gasteiger partial charge on any atom is -0.461 e. The second-order valence-electron chi connectivity index (χ2n) is 8.54. The van der Waals surface area contributed by atoms with Crippen LogP contribution in [0.15, 0.2) is 24.3 Å². The molecule has 2 unspecified atom stereocenters. The average Bonchev–Trinajstić information content (AvgIpc) is 3.01. The Labute approximate surface area is 181 Å². The largest absolute Gasteiger partial charge is 0.461 e. The Balaban J connectivity index is 1.78. The molecule has 2 amide bonds. The van der Waals surface area contributed by atoms with Crippen molar-refractivity contribution in [3.63, 3.8) is 0 Å². The maximum Gasteiger partial charge on any atom is 0.311 e. The van der Waals surface area contributed by atoms with Crippen molar-refractivity contribution in [2.75, 3.05) is 26.3 Å². The summed E-state index contributed by atoms with van der Waals surface area (Å²) in [6.45, 7) is 5.11. The highest BCUT2D eigenvalue weighted by Crippen LogP contribution is 2.60. The number of aliphatic hydroxyl groups excluding tert-OH is 1. The van der Waals surface area contributed by atoms with Gasteiger partial charge in [-0.1, -0.05) is 37.6 Å². The summed E-state index contributed by atoms with van der Waals surface area (Å²) in [5.74, 6) is -1.83. The molecule has 8 heteroatoms. The van der Waals surface area contributed by atoms with Crippen LogP contribution in [-0.4, -0.2) is 81.1 Å². The monoisotopic (exact) mass is 434 g/mol. The summed E-state index contributed by atoms with van der Waals surface area (Å²) in [6, 6.07) is -0.601. The Kier molecular flexibility index (Phi) is 5.99. The highest BCUT2D eigenvalue weighted by Gasteiger charge is 2.71. The summed E-state index contributed by atoms with van der Waals surface area (Å²) in [5, 5.41) is 9.19. The van der Waals surface area contributed by atoms with E-state index in [1.807, 2.05) is 36.1 Å². The summed E-state index contributed by atoms with van der Waals surface area (Å²) >= 11 is 1.55. The number of amides is 2. The molecule has 30 heavy (non-hydrogen) atoms. The first kappa shape index (κ1) is 21.4. The first-order chi connectivity index (χ1) is 14.5. The molecular weight excluding hydrogens is 404 g/mol. The fourth-order valence-corrected chi connectivity index (χ4v) is 7.44. The van der Waals surface area contributed by atoms with Crippen LogP contribution in [-0.2, 0) is 19.1 Å². The number of carbonyl (C=O) groups is 3. The van der Waals surface area contributed by atoms with E-state index in [1.54, 1.807) is 16.7 Å². The lowest BCUT2D eigenvalue weighted by Crippen LogP contribution is -2.55. The quantitative estimate of drug-likeness (QED) is 0.502. The molecule has 0 bridgehead atoms. The zero-order valence-electron chi connectivity index (χ0n) is 17.5. The zero-order valence-corrected chi connectivity index (χ0v) is 18.3. The van der Waals surface area contributed by atoms with Gasteiger partial charge in [0, 0.05) is 31.0 Å². The molecule has 6 atom stereocenters. The van der Waals surface area contributed by atoms with E-state index in [0.717, 1.165) is 12.8 Å². The van der Waals surface area contributed by atoms with Gasteiger partial charge in [-0.25, -0.2) is 0 Å². The molecule has 0 aromatic carbocycles. The molecule has 7 nitrogen and oxygen atoms in total. The fraction of sp³-hybridized carbons (Fsp3) is 0.682. The number of carbonyl (C=O) groups excluding carboxylic acids is 3. The molecule has 1 N–H and O–H groups in total. The van der Waals surface area contributed by atoms with Crippen molar-refractivity contribution in [1.29, 1.82) is 0 Å². The lowest BCUT2D eigenvalue weighted by molar-refractivity contribution is -0.151.